The molecule has 1 atom stereocenters. The molecule has 0 aromatic carbocycles. The fourth-order valence-electron chi connectivity index (χ4n) is 2.09. The van der Waals surface area contributed by atoms with Crippen molar-refractivity contribution >= 4 is 26.3 Å². The van der Waals surface area contributed by atoms with Crippen LogP contribution in [0.4, 0.5) is 0 Å². The molecule has 98 valence electrons. The molecule has 16 heavy (non-hydrogen) atoms. The molecule has 0 spiro atoms. The van der Waals surface area contributed by atoms with Crippen molar-refractivity contribution in [1.29, 1.82) is 0 Å². The molecule has 2 heteroatoms. The van der Waals surface area contributed by atoms with E-state index >= 15 is 0 Å². The van der Waals surface area contributed by atoms with E-state index < -0.39 is 0 Å². The molecular weight excluding hydrogens is 326 g/mol. The van der Waals surface area contributed by atoms with E-state index in [0.717, 1.165) is 5.92 Å². The summed E-state index contributed by atoms with van der Waals surface area (Å²) >= 11 is 3.73. The van der Waals surface area contributed by atoms with Crippen LogP contribution in [-0.4, -0.2) is 26.3 Å². The second-order valence-electron chi connectivity index (χ2n) is 5.01. The van der Waals surface area contributed by atoms with Gasteiger partial charge in [0.1, 0.15) is 0 Å². The van der Waals surface area contributed by atoms with E-state index in [0.29, 0.717) is 12.6 Å². The third kappa shape index (κ3) is 13.1. The van der Waals surface area contributed by atoms with Crippen LogP contribution in [0.2, 0.25) is 5.32 Å². The molecule has 0 aromatic rings. The van der Waals surface area contributed by atoms with E-state index in [9.17, 15) is 0 Å². The van der Waals surface area contributed by atoms with Gasteiger partial charge in [0.05, 0.1) is 0 Å². The number of hydrogen-bond donors (Lipinski definition) is 0. The van der Waals surface area contributed by atoms with Gasteiger partial charge in [0.25, 0.3) is 0 Å². The summed E-state index contributed by atoms with van der Waals surface area (Å²) in [5.74, 6) is 0.975. The van der Waals surface area contributed by atoms with Crippen LogP contribution >= 0.6 is 0 Å². The van der Waals surface area contributed by atoms with Crippen molar-refractivity contribution in [2.45, 2.75) is 83.4 Å². The van der Waals surface area contributed by atoms with Gasteiger partial charge in [-0.3, -0.25) is 0 Å². The standard InChI is InChI=1S/C14H30Se2/c1-3-4-5-6-7-8-11-14(2)12-9-10-13-16-15/h14,16H,3-13H2,1-2H3. The van der Waals surface area contributed by atoms with Gasteiger partial charge in [0, 0.05) is 0 Å². The van der Waals surface area contributed by atoms with Gasteiger partial charge in [-0.05, 0) is 0 Å². The maximum absolute atomic E-state index is 3.18. The van der Waals surface area contributed by atoms with E-state index in [1.54, 1.807) is 0 Å². The predicted octanol–water partition coefficient (Wildman–Crippen LogP) is 4.48. The molecule has 0 amide bonds. The SMILES string of the molecule is CCCCCCCCC(C)CCCC[SeH]=[Se]. The second kappa shape index (κ2) is 14.1. The number of rotatable bonds is 12. The maximum atomic E-state index is 3.18. The van der Waals surface area contributed by atoms with E-state index in [2.05, 4.69) is 27.5 Å². The molecule has 0 saturated carbocycles. The van der Waals surface area contributed by atoms with Gasteiger partial charge < -0.3 is 0 Å². The number of unbranched alkanes of at least 4 members (excludes halogenated alkanes) is 6. The van der Waals surface area contributed by atoms with Crippen LogP contribution in [0.5, 0.6) is 0 Å². The van der Waals surface area contributed by atoms with E-state index in [1.807, 2.05) is 0 Å². The first kappa shape index (κ1) is 17.0. The molecule has 0 aliphatic heterocycles. The molecule has 0 N–H and O–H groups in total. The van der Waals surface area contributed by atoms with Crippen LogP contribution < -0.4 is 0 Å². The quantitative estimate of drug-likeness (QED) is 0.357. The van der Waals surface area contributed by atoms with Gasteiger partial charge in [-0.25, -0.2) is 0 Å². The first-order chi connectivity index (χ1) is 7.81. The van der Waals surface area contributed by atoms with Crippen LogP contribution in [0, 0.1) is 5.92 Å². The second-order valence-corrected chi connectivity index (χ2v) is 9.30. The zero-order valence-corrected chi connectivity index (χ0v) is 14.8. The van der Waals surface area contributed by atoms with Crippen LogP contribution in [0.15, 0.2) is 0 Å². The van der Waals surface area contributed by atoms with E-state index in [4.69, 9.17) is 0 Å². The zero-order chi connectivity index (χ0) is 12.1. The molecule has 0 fully saturated rings. The average molecular weight is 356 g/mol. The van der Waals surface area contributed by atoms with Crippen LogP contribution in [0.25, 0.3) is 0 Å². The van der Waals surface area contributed by atoms with Crippen LogP contribution in [-0.2, 0) is 0 Å². The van der Waals surface area contributed by atoms with E-state index in [1.165, 1.54) is 69.5 Å². The van der Waals surface area contributed by atoms with Gasteiger partial charge in [-0.15, -0.1) is 0 Å². The molecule has 0 aliphatic rings. The topological polar surface area (TPSA) is 0 Å². The van der Waals surface area contributed by atoms with Crippen molar-refractivity contribution in [1.82, 2.24) is 0 Å². The summed E-state index contributed by atoms with van der Waals surface area (Å²) in [6.45, 7) is 4.73. The minimum atomic E-state index is 0.549. The Morgan fingerprint density at radius 3 is 2.06 bits per heavy atom. The minimum absolute atomic E-state index is 0.549. The zero-order valence-electron chi connectivity index (χ0n) is 11.2. The Kier molecular flexibility index (Phi) is 15.0. The summed E-state index contributed by atoms with van der Waals surface area (Å²) in [4.78, 5) is 0. The molecule has 0 aromatic heterocycles. The monoisotopic (exact) mass is 358 g/mol. The Morgan fingerprint density at radius 2 is 1.44 bits per heavy atom. The van der Waals surface area contributed by atoms with Gasteiger partial charge in [-0.2, -0.15) is 0 Å². The summed E-state index contributed by atoms with van der Waals surface area (Å²) < 4.78 is 0. The van der Waals surface area contributed by atoms with Gasteiger partial charge in [0.15, 0.2) is 0 Å². The average Bonchev–Trinajstić information content (AvgIpc) is 2.29. The molecule has 0 nitrogen and oxygen atoms in total. The third-order valence-electron chi connectivity index (χ3n) is 3.25. The summed E-state index contributed by atoms with van der Waals surface area (Å²) in [6, 6.07) is 0. The Bertz CT molecular complexity index is 146. The van der Waals surface area contributed by atoms with Gasteiger partial charge >= 0.3 is 109 Å². The molecular formula is C14H30Se2. The van der Waals surface area contributed by atoms with Gasteiger partial charge in [0.2, 0.25) is 0 Å². The van der Waals surface area contributed by atoms with Crippen LogP contribution in [0.1, 0.15) is 78.1 Å². The normalized spacial score (nSPS) is 12.9. The van der Waals surface area contributed by atoms with Crippen molar-refractivity contribution in [3.05, 3.63) is 0 Å². The summed E-state index contributed by atoms with van der Waals surface area (Å²) in [6.07, 6.45) is 14.5. The Hall–Kier alpha value is 1.04. The first-order valence-corrected chi connectivity index (χ1v) is 13.2. The van der Waals surface area contributed by atoms with Crippen molar-refractivity contribution in [2.75, 3.05) is 0 Å². The fraction of sp³-hybridized carbons (Fsp3) is 1.00. The molecule has 0 radical (unpaired) electrons. The van der Waals surface area contributed by atoms with Crippen LogP contribution in [0.3, 0.4) is 0 Å². The Morgan fingerprint density at radius 1 is 0.875 bits per heavy atom. The van der Waals surface area contributed by atoms with E-state index in [-0.39, 0.29) is 0 Å². The summed E-state index contributed by atoms with van der Waals surface area (Å²) in [7, 11) is 0. The first-order valence-electron chi connectivity index (χ1n) is 7.10. The third-order valence-corrected chi connectivity index (χ3v) is 6.28. The summed E-state index contributed by atoms with van der Waals surface area (Å²) in [5, 5.41) is 1.47. The van der Waals surface area contributed by atoms with Crippen molar-refractivity contribution < 1.29 is 0 Å². The Balaban J connectivity index is 3.10. The summed E-state index contributed by atoms with van der Waals surface area (Å²) in [5.41, 5.74) is 0. The van der Waals surface area contributed by atoms with Gasteiger partial charge in [-0.1, -0.05) is 6.92 Å². The number of hydrogen-bond acceptors (Lipinski definition) is 0. The molecule has 0 rings (SSSR count). The molecule has 1 unspecified atom stereocenters. The Labute approximate surface area is 115 Å². The van der Waals surface area contributed by atoms with Crippen molar-refractivity contribution in [2.24, 2.45) is 5.92 Å². The fourth-order valence-corrected chi connectivity index (χ4v) is 4.23. The molecule has 0 heterocycles. The molecule has 0 saturated heterocycles. The van der Waals surface area contributed by atoms with Crippen molar-refractivity contribution in [3.63, 3.8) is 0 Å². The molecule has 0 aliphatic carbocycles. The molecule has 0 bridgehead atoms. The van der Waals surface area contributed by atoms with Crippen molar-refractivity contribution in [3.8, 4) is 0 Å². The predicted molar refractivity (Wildman–Crippen MR) is 78.7 cm³/mol.